The van der Waals surface area contributed by atoms with Crippen molar-refractivity contribution >= 4 is 0 Å². The number of rotatable bonds is 1. The van der Waals surface area contributed by atoms with Gasteiger partial charge in [0.15, 0.2) is 0 Å². The first-order valence-electron chi connectivity index (χ1n) is 4.95. The molecule has 1 N–H and O–H groups in total. The fourth-order valence-electron chi connectivity index (χ4n) is 2.74. The maximum Gasteiger partial charge on any atom is 0.0168 e. The lowest BCUT2D eigenvalue weighted by Gasteiger charge is -2.49. The third kappa shape index (κ3) is 1.20. The summed E-state index contributed by atoms with van der Waals surface area (Å²) >= 11 is 0. The Morgan fingerprint density at radius 1 is 1.18 bits per heavy atom. The quantitative estimate of drug-likeness (QED) is 0.609. The molecule has 2 fully saturated rings. The topological polar surface area (TPSA) is 12.0 Å². The molecular weight excluding hydrogens is 134 g/mol. The highest BCUT2D eigenvalue weighted by molar-refractivity contribution is 5.00. The van der Waals surface area contributed by atoms with Crippen LogP contribution in [0.4, 0.5) is 0 Å². The Kier molecular flexibility index (Phi) is 1.71. The van der Waals surface area contributed by atoms with Crippen molar-refractivity contribution < 1.29 is 0 Å². The van der Waals surface area contributed by atoms with Crippen molar-refractivity contribution in [2.45, 2.75) is 45.1 Å². The molecule has 1 heterocycles. The molecule has 64 valence electrons. The Morgan fingerprint density at radius 2 is 1.82 bits per heavy atom. The number of nitrogens with one attached hydrogen (secondary N) is 1. The van der Waals surface area contributed by atoms with Crippen molar-refractivity contribution in [2.24, 2.45) is 11.8 Å². The summed E-state index contributed by atoms with van der Waals surface area (Å²) in [6, 6.07) is 0. The first-order chi connectivity index (χ1) is 5.20. The maximum absolute atomic E-state index is 3.51. The van der Waals surface area contributed by atoms with Crippen LogP contribution in [-0.2, 0) is 0 Å². The Hall–Kier alpha value is -0.0400. The Balaban J connectivity index is 1.94. The molecule has 1 atom stereocenters. The number of hydrogen-bond donors (Lipinski definition) is 1. The van der Waals surface area contributed by atoms with Crippen LogP contribution in [0.3, 0.4) is 0 Å². The predicted octanol–water partition coefficient (Wildman–Crippen LogP) is 2.17. The normalized spacial score (nSPS) is 37.1. The van der Waals surface area contributed by atoms with E-state index in [-0.39, 0.29) is 0 Å². The van der Waals surface area contributed by atoms with Gasteiger partial charge in [-0.1, -0.05) is 25.7 Å². The molecule has 1 nitrogen and oxygen atoms in total. The van der Waals surface area contributed by atoms with Crippen molar-refractivity contribution in [1.29, 1.82) is 0 Å². The highest BCUT2D eigenvalue weighted by Crippen LogP contribution is 2.40. The van der Waals surface area contributed by atoms with Crippen LogP contribution in [0.15, 0.2) is 0 Å². The lowest BCUT2D eigenvalue weighted by Crippen LogP contribution is -2.63. The highest BCUT2D eigenvalue weighted by atomic mass is 15.1. The number of hydrogen-bond acceptors (Lipinski definition) is 1. The molecule has 1 saturated carbocycles. The minimum absolute atomic E-state index is 0.453. The lowest BCUT2D eigenvalue weighted by molar-refractivity contribution is 0.0812. The van der Waals surface area contributed by atoms with Crippen LogP contribution in [-0.4, -0.2) is 12.1 Å². The molecule has 0 aromatic rings. The molecule has 1 saturated heterocycles. The van der Waals surface area contributed by atoms with E-state index in [1.807, 2.05) is 0 Å². The molecule has 0 amide bonds. The van der Waals surface area contributed by atoms with Crippen LogP contribution >= 0.6 is 0 Å². The Labute approximate surface area is 69.6 Å². The van der Waals surface area contributed by atoms with Gasteiger partial charge in [-0.15, -0.1) is 0 Å². The van der Waals surface area contributed by atoms with Crippen molar-refractivity contribution in [2.75, 3.05) is 6.54 Å². The Morgan fingerprint density at radius 3 is 2.18 bits per heavy atom. The van der Waals surface area contributed by atoms with E-state index < -0.39 is 0 Å². The van der Waals surface area contributed by atoms with Crippen LogP contribution in [0.5, 0.6) is 0 Å². The largest absolute Gasteiger partial charge is 0.311 e. The van der Waals surface area contributed by atoms with Crippen LogP contribution in [0.1, 0.15) is 39.5 Å². The average Bonchev–Trinajstić information content (AvgIpc) is 2.38. The van der Waals surface area contributed by atoms with Crippen LogP contribution in [0.2, 0.25) is 0 Å². The van der Waals surface area contributed by atoms with E-state index in [9.17, 15) is 0 Å². The summed E-state index contributed by atoms with van der Waals surface area (Å²) < 4.78 is 0. The minimum Gasteiger partial charge on any atom is -0.311 e. The molecule has 2 aliphatic rings. The van der Waals surface area contributed by atoms with Crippen molar-refractivity contribution in [1.82, 2.24) is 5.32 Å². The highest BCUT2D eigenvalue weighted by Gasteiger charge is 2.43. The average molecular weight is 153 g/mol. The predicted molar refractivity (Wildman–Crippen MR) is 47.5 cm³/mol. The van der Waals surface area contributed by atoms with E-state index >= 15 is 0 Å². The fraction of sp³-hybridized carbons (Fsp3) is 1.00. The second kappa shape index (κ2) is 2.48. The van der Waals surface area contributed by atoms with Crippen LogP contribution < -0.4 is 5.32 Å². The van der Waals surface area contributed by atoms with Gasteiger partial charge in [0.05, 0.1) is 0 Å². The molecular formula is C10H19N. The first-order valence-corrected chi connectivity index (χ1v) is 4.95. The first kappa shape index (κ1) is 7.60. The molecule has 0 radical (unpaired) electrons. The third-order valence-corrected chi connectivity index (χ3v) is 3.67. The van der Waals surface area contributed by atoms with E-state index in [4.69, 9.17) is 0 Å². The molecule has 11 heavy (non-hydrogen) atoms. The summed E-state index contributed by atoms with van der Waals surface area (Å²) in [4.78, 5) is 0. The summed E-state index contributed by atoms with van der Waals surface area (Å²) in [7, 11) is 0. The van der Waals surface area contributed by atoms with Gasteiger partial charge in [-0.3, -0.25) is 0 Å². The summed E-state index contributed by atoms with van der Waals surface area (Å²) in [5.74, 6) is 2.02. The zero-order valence-electron chi connectivity index (χ0n) is 7.69. The van der Waals surface area contributed by atoms with Gasteiger partial charge in [-0.05, 0) is 25.7 Å². The smallest absolute Gasteiger partial charge is 0.0168 e. The third-order valence-electron chi connectivity index (χ3n) is 3.67. The molecule has 1 unspecified atom stereocenters. The SMILES string of the molecule is CC1(C)NCC1C1CCCC1. The van der Waals surface area contributed by atoms with Crippen molar-refractivity contribution in [3.63, 3.8) is 0 Å². The van der Waals surface area contributed by atoms with E-state index in [0.717, 1.165) is 11.8 Å². The second-order valence-electron chi connectivity index (χ2n) is 4.75. The van der Waals surface area contributed by atoms with Gasteiger partial charge < -0.3 is 5.32 Å². The molecule has 1 heteroatoms. The van der Waals surface area contributed by atoms with E-state index in [1.165, 1.54) is 32.2 Å². The van der Waals surface area contributed by atoms with Crippen molar-refractivity contribution in [3.8, 4) is 0 Å². The minimum atomic E-state index is 0.453. The van der Waals surface area contributed by atoms with Crippen LogP contribution in [0, 0.1) is 11.8 Å². The van der Waals surface area contributed by atoms with Gasteiger partial charge in [-0.2, -0.15) is 0 Å². The van der Waals surface area contributed by atoms with Gasteiger partial charge in [0.2, 0.25) is 0 Å². The van der Waals surface area contributed by atoms with Gasteiger partial charge in [-0.25, -0.2) is 0 Å². The summed E-state index contributed by atoms with van der Waals surface area (Å²) in [6.07, 6.45) is 5.96. The lowest BCUT2D eigenvalue weighted by atomic mass is 9.71. The van der Waals surface area contributed by atoms with E-state index in [0.29, 0.717) is 5.54 Å². The molecule has 2 rings (SSSR count). The molecule has 0 bridgehead atoms. The molecule has 0 aromatic carbocycles. The fourth-order valence-corrected chi connectivity index (χ4v) is 2.74. The molecule has 1 aliphatic heterocycles. The van der Waals surface area contributed by atoms with Crippen molar-refractivity contribution in [3.05, 3.63) is 0 Å². The van der Waals surface area contributed by atoms with Gasteiger partial charge in [0.1, 0.15) is 0 Å². The Bertz CT molecular complexity index is 145. The summed E-state index contributed by atoms with van der Waals surface area (Å²) in [6.45, 7) is 5.97. The van der Waals surface area contributed by atoms with Gasteiger partial charge >= 0.3 is 0 Å². The standard InChI is InChI=1S/C10H19N/c1-10(2)9(7-11-10)8-5-3-4-6-8/h8-9,11H,3-7H2,1-2H3. The van der Waals surface area contributed by atoms with E-state index in [2.05, 4.69) is 19.2 Å². The second-order valence-corrected chi connectivity index (χ2v) is 4.75. The molecule has 1 aliphatic carbocycles. The molecule has 0 spiro atoms. The zero-order chi connectivity index (χ0) is 7.90. The van der Waals surface area contributed by atoms with E-state index in [1.54, 1.807) is 0 Å². The van der Waals surface area contributed by atoms with Gasteiger partial charge in [0, 0.05) is 12.1 Å². The van der Waals surface area contributed by atoms with Gasteiger partial charge in [0.25, 0.3) is 0 Å². The zero-order valence-corrected chi connectivity index (χ0v) is 7.69. The summed E-state index contributed by atoms with van der Waals surface area (Å²) in [5.41, 5.74) is 0.453. The molecule has 0 aromatic heterocycles. The van der Waals surface area contributed by atoms with Crippen LogP contribution in [0.25, 0.3) is 0 Å². The summed E-state index contributed by atoms with van der Waals surface area (Å²) in [5, 5.41) is 3.51. The monoisotopic (exact) mass is 153 g/mol. The maximum atomic E-state index is 3.51.